The van der Waals surface area contributed by atoms with Crippen molar-refractivity contribution in [2.24, 2.45) is 0 Å². The van der Waals surface area contributed by atoms with Gasteiger partial charge in [-0.2, -0.15) is 18.3 Å². The summed E-state index contributed by atoms with van der Waals surface area (Å²) in [7, 11) is 0. The van der Waals surface area contributed by atoms with Gasteiger partial charge in [0.15, 0.2) is 11.9 Å². The summed E-state index contributed by atoms with van der Waals surface area (Å²) in [5.74, 6) is 0.452. The molecule has 0 aliphatic carbocycles. The topological polar surface area (TPSA) is 38.2 Å². The minimum absolute atomic E-state index is 0.0414. The van der Waals surface area contributed by atoms with Gasteiger partial charge >= 0.3 is 6.18 Å². The van der Waals surface area contributed by atoms with E-state index in [0.29, 0.717) is 12.4 Å². The summed E-state index contributed by atoms with van der Waals surface area (Å²) in [6.45, 7) is 1.97. The van der Waals surface area contributed by atoms with Crippen molar-refractivity contribution in [1.82, 2.24) is 10.2 Å². The first-order chi connectivity index (χ1) is 7.97. The zero-order chi connectivity index (χ0) is 12.5. The van der Waals surface area contributed by atoms with Gasteiger partial charge in [0.2, 0.25) is 0 Å². The van der Waals surface area contributed by atoms with Crippen molar-refractivity contribution in [2.75, 3.05) is 24.6 Å². The Bertz CT molecular complexity index is 379. The highest BCUT2D eigenvalue weighted by atomic mass is 19.4. The normalized spacial score (nSPS) is 21.6. The molecule has 94 valence electrons. The van der Waals surface area contributed by atoms with Crippen molar-refractivity contribution >= 4 is 5.82 Å². The Labute approximate surface area is 96.4 Å². The highest BCUT2D eigenvalue weighted by Gasteiger charge is 2.43. The predicted molar refractivity (Wildman–Crippen MR) is 54.8 cm³/mol. The first kappa shape index (κ1) is 12.1. The first-order valence-corrected chi connectivity index (χ1v) is 5.20. The fraction of sp³-hybridized carbons (Fsp3) is 0.600. The molecule has 1 fully saturated rings. The second-order valence-corrected chi connectivity index (χ2v) is 3.88. The van der Waals surface area contributed by atoms with E-state index in [1.807, 2.05) is 0 Å². The molecule has 0 aromatic carbocycles. The third-order valence-corrected chi connectivity index (χ3v) is 2.54. The van der Waals surface area contributed by atoms with E-state index in [9.17, 15) is 13.2 Å². The van der Waals surface area contributed by atoms with Crippen LogP contribution in [-0.4, -0.2) is 42.2 Å². The van der Waals surface area contributed by atoms with Crippen molar-refractivity contribution in [3.8, 4) is 0 Å². The van der Waals surface area contributed by atoms with E-state index in [1.165, 1.54) is 4.90 Å². The number of ether oxygens (including phenoxy) is 1. The first-order valence-electron chi connectivity index (χ1n) is 5.20. The summed E-state index contributed by atoms with van der Waals surface area (Å²) in [6.07, 6.45) is -6.09. The van der Waals surface area contributed by atoms with Crippen LogP contribution in [0, 0.1) is 6.92 Å². The van der Waals surface area contributed by atoms with Crippen LogP contribution in [0.2, 0.25) is 0 Å². The Morgan fingerprint density at radius 1 is 1.35 bits per heavy atom. The predicted octanol–water partition coefficient (Wildman–Crippen LogP) is 1.55. The van der Waals surface area contributed by atoms with Gasteiger partial charge in [-0.15, -0.1) is 5.10 Å². The molecule has 7 heteroatoms. The second kappa shape index (κ2) is 4.48. The van der Waals surface area contributed by atoms with Gasteiger partial charge in [-0.1, -0.05) is 0 Å². The van der Waals surface area contributed by atoms with Gasteiger partial charge in [0.25, 0.3) is 0 Å². The van der Waals surface area contributed by atoms with Crippen LogP contribution < -0.4 is 4.90 Å². The Kier molecular flexibility index (Phi) is 3.19. The Balaban J connectivity index is 2.09. The van der Waals surface area contributed by atoms with Gasteiger partial charge < -0.3 is 9.64 Å². The molecule has 0 unspecified atom stereocenters. The van der Waals surface area contributed by atoms with Gasteiger partial charge in [0.05, 0.1) is 18.8 Å². The van der Waals surface area contributed by atoms with E-state index in [0.717, 1.165) is 5.69 Å². The van der Waals surface area contributed by atoms with Gasteiger partial charge in [-0.25, -0.2) is 0 Å². The van der Waals surface area contributed by atoms with Crippen molar-refractivity contribution in [3.05, 3.63) is 17.8 Å². The number of morpholine rings is 1. The van der Waals surface area contributed by atoms with Gasteiger partial charge in [-0.05, 0) is 19.1 Å². The van der Waals surface area contributed by atoms with E-state index in [2.05, 4.69) is 10.2 Å². The van der Waals surface area contributed by atoms with Crippen molar-refractivity contribution in [3.63, 3.8) is 0 Å². The number of hydrogen-bond acceptors (Lipinski definition) is 4. The summed E-state index contributed by atoms with van der Waals surface area (Å²) < 4.78 is 42.2. The molecule has 1 aromatic heterocycles. The quantitative estimate of drug-likeness (QED) is 0.754. The van der Waals surface area contributed by atoms with Crippen LogP contribution >= 0.6 is 0 Å². The lowest BCUT2D eigenvalue weighted by molar-refractivity contribution is -0.221. The maximum atomic E-state index is 12.5. The van der Waals surface area contributed by atoms with E-state index in [-0.39, 0.29) is 13.2 Å². The number of alkyl halides is 3. The molecule has 17 heavy (non-hydrogen) atoms. The Morgan fingerprint density at radius 2 is 2.12 bits per heavy atom. The van der Waals surface area contributed by atoms with Crippen molar-refractivity contribution in [2.45, 2.75) is 19.2 Å². The van der Waals surface area contributed by atoms with Crippen molar-refractivity contribution < 1.29 is 17.9 Å². The van der Waals surface area contributed by atoms with Crippen LogP contribution in [0.15, 0.2) is 12.1 Å². The fourth-order valence-electron chi connectivity index (χ4n) is 1.62. The average molecular weight is 247 g/mol. The molecule has 1 aromatic rings. The van der Waals surface area contributed by atoms with Crippen LogP contribution in [0.3, 0.4) is 0 Å². The van der Waals surface area contributed by atoms with E-state index < -0.39 is 12.3 Å². The second-order valence-electron chi connectivity index (χ2n) is 3.88. The molecule has 1 aliphatic heterocycles. The molecule has 0 saturated carbocycles. The minimum Gasteiger partial charge on any atom is -0.365 e. The lowest BCUT2D eigenvalue weighted by atomic mass is 10.2. The molecule has 0 N–H and O–H groups in total. The van der Waals surface area contributed by atoms with Crippen LogP contribution in [0.25, 0.3) is 0 Å². The number of rotatable bonds is 1. The van der Waals surface area contributed by atoms with Crippen LogP contribution in [0.4, 0.5) is 19.0 Å². The largest absolute Gasteiger partial charge is 0.416 e. The molecule has 1 saturated heterocycles. The fourth-order valence-corrected chi connectivity index (χ4v) is 1.62. The summed E-state index contributed by atoms with van der Waals surface area (Å²) in [4.78, 5) is 1.54. The van der Waals surface area contributed by atoms with Crippen LogP contribution in [0.1, 0.15) is 5.69 Å². The maximum absolute atomic E-state index is 12.5. The van der Waals surface area contributed by atoms with E-state index in [1.54, 1.807) is 19.1 Å². The van der Waals surface area contributed by atoms with Gasteiger partial charge in [0, 0.05) is 6.54 Å². The molecular weight excluding hydrogens is 235 g/mol. The average Bonchev–Trinajstić information content (AvgIpc) is 2.29. The molecule has 0 radical (unpaired) electrons. The third kappa shape index (κ3) is 2.85. The number of aromatic nitrogens is 2. The Hall–Kier alpha value is -1.37. The molecule has 0 bridgehead atoms. The number of nitrogens with zero attached hydrogens (tertiary/aromatic N) is 3. The summed E-state index contributed by atoms with van der Waals surface area (Å²) in [6, 6.07) is 3.39. The lowest BCUT2D eigenvalue weighted by Crippen LogP contribution is -2.49. The molecule has 1 atom stereocenters. The monoisotopic (exact) mass is 247 g/mol. The SMILES string of the molecule is Cc1ccc(N2CCO[C@H](C(F)(F)F)C2)nn1. The standard InChI is InChI=1S/C10H12F3N3O/c1-7-2-3-9(15-14-7)16-4-5-17-8(6-16)10(11,12)13/h2-3,8H,4-6H2,1H3/t8-/m0/s1. The zero-order valence-electron chi connectivity index (χ0n) is 9.24. The molecule has 0 amide bonds. The molecular formula is C10H12F3N3O. The maximum Gasteiger partial charge on any atom is 0.416 e. The minimum atomic E-state index is -4.34. The number of hydrogen-bond donors (Lipinski definition) is 0. The smallest absolute Gasteiger partial charge is 0.365 e. The zero-order valence-corrected chi connectivity index (χ0v) is 9.24. The van der Waals surface area contributed by atoms with Crippen molar-refractivity contribution in [1.29, 1.82) is 0 Å². The van der Waals surface area contributed by atoms with E-state index in [4.69, 9.17) is 4.74 Å². The molecule has 0 spiro atoms. The molecule has 2 rings (SSSR count). The van der Waals surface area contributed by atoms with Gasteiger partial charge in [0.1, 0.15) is 0 Å². The highest BCUT2D eigenvalue weighted by molar-refractivity contribution is 5.37. The van der Waals surface area contributed by atoms with Crippen LogP contribution in [-0.2, 0) is 4.74 Å². The highest BCUT2D eigenvalue weighted by Crippen LogP contribution is 2.27. The number of aryl methyl sites for hydroxylation is 1. The molecule has 4 nitrogen and oxygen atoms in total. The van der Waals surface area contributed by atoms with E-state index >= 15 is 0 Å². The molecule has 2 heterocycles. The van der Waals surface area contributed by atoms with Gasteiger partial charge in [-0.3, -0.25) is 0 Å². The third-order valence-electron chi connectivity index (χ3n) is 2.54. The summed E-state index contributed by atoms with van der Waals surface area (Å²) in [5.41, 5.74) is 0.731. The summed E-state index contributed by atoms with van der Waals surface area (Å²) in [5, 5.41) is 7.70. The summed E-state index contributed by atoms with van der Waals surface area (Å²) >= 11 is 0. The molecule has 1 aliphatic rings. The number of anilines is 1. The lowest BCUT2D eigenvalue weighted by Gasteiger charge is -2.34. The van der Waals surface area contributed by atoms with Crippen LogP contribution in [0.5, 0.6) is 0 Å². The number of halogens is 3. The Morgan fingerprint density at radius 3 is 2.71 bits per heavy atom.